The third-order valence-corrected chi connectivity index (χ3v) is 5.40. The molecule has 0 radical (unpaired) electrons. The average molecular weight is 247 g/mol. The van der Waals surface area contributed by atoms with Gasteiger partial charge in [-0.3, -0.25) is 0 Å². The van der Waals surface area contributed by atoms with Crippen LogP contribution < -0.4 is 11.4 Å². The minimum atomic E-state index is -0.175. The van der Waals surface area contributed by atoms with Crippen LogP contribution >= 0.6 is 0 Å². The van der Waals surface area contributed by atoms with Gasteiger partial charge in [0, 0.05) is 7.05 Å². The molecule has 0 amide bonds. The van der Waals surface area contributed by atoms with E-state index in [4.69, 9.17) is 0 Å². The van der Waals surface area contributed by atoms with E-state index in [9.17, 15) is 9.59 Å². The predicted molar refractivity (Wildman–Crippen MR) is 66.6 cm³/mol. The zero-order chi connectivity index (χ0) is 12.7. The lowest BCUT2D eigenvalue weighted by Gasteiger charge is -2.49. The van der Waals surface area contributed by atoms with Crippen LogP contribution in [0.15, 0.2) is 21.7 Å². The van der Waals surface area contributed by atoms with Gasteiger partial charge < -0.3 is 0 Å². The highest BCUT2D eigenvalue weighted by Gasteiger charge is 2.55. The van der Waals surface area contributed by atoms with E-state index in [0.717, 1.165) is 12.8 Å². The Morgan fingerprint density at radius 2 is 1.94 bits per heavy atom. The monoisotopic (exact) mass is 247 g/mol. The molecule has 4 atom stereocenters. The molecule has 3 heterocycles. The van der Waals surface area contributed by atoms with Crippen molar-refractivity contribution >= 4 is 0 Å². The van der Waals surface area contributed by atoms with Crippen molar-refractivity contribution in [2.75, 3.05) is 0 Å². The minimum absolute atomic E-state index is 0.0522. The molecular weight excluding hydrogens is 230 g/mol. The molecule has 5 heteroatoms. The molecule has 5 rings (SSSR count). The lowest BCUT2D eigenvalue weighted by atomic mass is 9.66. The lowest BCUT2D eigenvalue weighted by molar-refractivity contribution is 0.0361. The maximum atomic E-state index is 12.2. The van der Waals surface area contributed by atoms with Crippen molar-refractivity contribution < 1.29 is 0 Å². The van der Waals surface area contributed by atoms with Crippen molar-refractivity contribution in [3.05, 3.63) is 33.1 Å². The summed E-state index contributed by atoms with van der Waals surface area (Å²) in [6.45, 7) is 2.28. The first kappa shape index (κ1) is 10.4. The number of rotatable bonds is 0. The van der Waals surface area contributed by atoms with Gasteiger partial charge >= 0.3 is 11.4 Å². The summed E-state index contributed by atoms with van der Waals surface area (Å²) >= 11 is 0. The zero-order valence-electron chi connectivity index (χ0n) is 10.7. The van der Waals surface area contributed by atoms with Crippen molar-refractivity contribution in [3.8, 4) is 0 Å². The second kappa shape index (κ2) is 2.90. The summed E-state index contributed by atoms with van der Waals surface area (Å²) in [5, 5.41) is 0. The fourth-order valence-corrected chi connectivity index (χ4v) is 4.43. The Morgan fingerprint density at radius 3 is 2.72 bits per heavy atom. The van der Waals surface area contributed by atoms with E-state index in [2.05, 4.69) is 19.1 Å². The summed E-state index contributed by atoms with van der Waals surface area (Å²) in [5.74, 6) is 0.506. The first-order valence-electron chi connectivity index (χ1n) is 6.64. The van der Waals surface area contributed by atoms with E-state index >= 15 is 0 Å². The molecule has 2 aliphatic carbocycles. The highest BCUT2D eigenvalue weighted by atomic mass is 16.2. The minimum Gasteiger partial charge on any atom is -0.246 e. The van der Waals surface area contributed by atoms with E-state index in [1.54, 1.807) is 16.4 Å². The second-order valence-electron chi connectivity index (χ2n) is 6.14. The summed E-state index contributed by atoms with van der Waals surface area (Å²) in [5.41, 5.74) is -0.198. The van der Waals surface area contributed by atoms with Gasteiger partial charge in [-0.15, -0.1) is 0 Å². The van der Waals surface area contributed by atoms with Gasteiger partial charge in [0.05, 0.1) is 12.1 Å². The molecule has 1 aromatic heterocycles. The number of hydrogen-bond acceptors (Lipinski definition) is 2. The first-order valence-corrected chi connectivity index (χ1v) is 6.64. The molecule has 0 unspecified atom stereocenters. The van der Waals surface area contributed by atoms with Crippen LogP contribution in [0.1, 0.15) is 38.3 Å². The van der Waals surface area contributed by atoms with Crippen molar-refractivity contribution in [1.29, 1.82) is 0 Å². The second-order valence-corrected chi connectivity index (χ2v) is 6.14. The summed E-state index contributed by atoms with van der Waals surface area (Å²) in [4.78, 5) is 24.4. The fraction of sp³-hybridized carbons (Fsp3) is 0.692. The largest absolute Gasteiger partial charge is 0.347 e. The Kier molecular flexibility index (Phi) is 1.67. The van der Waals surface area contributed by atoms with Crippen LogP contribution in [0.25, 0.3) is 0 Å². The van der Waals surface area contributed by atoms with E-state index in [0.29, 0.717) is 5.92 Å². The highest BCUT2D eigenvalue weighted by Crippen LogP contribution is 2.59. The van der Waals surface area contributed by atoms with Crippen molar-refractivity contribution in [2.24, 2.45) is 18.4 Å². The molecule has 0 N–H and O–H groups in total. The molecule has 0 aromatic carbocycles. The van der Waals surface area contributed by atoms with Crippen molar-refractivity contribution in [2.45, 2.75) is 38.3 Å². The van der Waals surface area contributed by atoms with Gasteiger partial charge in [-0.05, 0) is 24.2 Å². The standard InChI is InChI=1S/C13H17N3O2/c1-13-7-3-4-8(13)9-5-6-10(13)16-12(18)14(2)11(17)15(9)16/h5-6,8-10H,3-4,7H2,1-2H3/t8-,9+,10+,13+/m1/s1. The van der Waals surface area contributed by atoms with Crippen LogP contribution in [-0.2, 0) is 7.05 Å². The van der Waals surface area contributed by atoms with Gasteiger partial charge in [0.1, 0.15) is 0 Å². The molecule has 5 nitrogen and oxygen atoms in total. The number of nitrogens with zero attached hydrogens (tertiary/aromatic N) is 3. The molecule has 2 bridgehead atoms. The van der Waals surface area contributed by atoms with E-state index in [1.807, 2.05) is 0 Å². The Morgan fingerprint density at radius 1 is 1.22 bits per heavy atom. The number of allylic oxidation sites excluding steroid dienone is 2. The molecule has 0 saturated heterocycles. The topological polar surface area (TPSA) is 48.9 Å². The van der Waals surface area contributed by atoms with Crippen LogP contribution in [0, 0.1) is 11.3 Å². The lowest BCUT2D eigenvalue weighted by Crippen LogP contribution is -2.52. The Bertz CT molecular complexity index is 677. The average Bonchev–Trinajstić information content (AvgIpc) is 2.87. The van der Waals surface area contributed by atoms with Gasteiger partial charge in [0.25, 0.3) is 0 Å². The first-order chi connectivity index (χ1) is 8.55. The highest BCUT2D eigenvalue weighted by molar-refractivity contribution is 5.20. The fourth-order valence-electron chi connectivity index (χ4n) is 4.43. The number of aromatic nitrogens is 3. The molecule has 96 valence electrons. The molecule has 18 heavy (non-hydrogen) atoms. The Balaban J connectivity index is 2.09. The van der Waals surface area contributed by atoms with Crippen LogP contribution in [0.5, 0.6) is 0 Å². The molecule has 2 aliphatic heterocycles. The SMILES string of the molecule is Cn1c(=O)n2n(c1=O)[C@H]1C=C[C@H]2[C@@]2(C)CCC[C@H]12. The van der Waals surface area contributed by atoms with Crippen LogP contribution in [-0.4, -0.2) is 13.9 Å². The molecule has 1 saturated carbocycles. The summed E-state index contributed by atoms with van der Waals surface area (Å²) in [7, 11) is 1.57. The summed E-state index contributed by atoms with van der Waals surface area (Å²) in [6.07, 6.45) is 7.78. The van der Waals surface area contributed by atoms with Crippen LogP contribution in [0.2, 0.25) is 0 Å². The van der Waals surface area contributed by atoms with Crippen LogP contribution in [0.3, 0.4) is 0 Å². The predicted octanol–water partition coefficient (Wildman–Crippen LogP) is 0.820. The maximum absolute atomic E-state index is 12.2. The van der Waals surface area contributed by atoms with Crippen molar-refractivity contribution in [1.82, 2.24) is 13.9 Å². The van der Waals surface area contributed by atoms with Gasteiger partial charge in [-0.25, -0.2) is 23.5 Å². The van der Waals surface area contributed by atoms with Gasteiger partial charge in [0.15, 0.2) is 0 Å². The molecule has 1 fully saturated rings. The third kappa shape index (κ3) is 0.886. The Labute approximate surface area is 104 Å². The Hall–Kier alpha value is -1.52. The summed E-state index contributed by atoms with van der Waals surface area (Å²) < 4.78 is 4.61. The maximum Gasteiger partial charge on any atom is 0.347 e. The van der Waals surface area contributed by atoms with E-state index in [1.165, 1.54) is 11.0 Å². The molecule has 4 aliphatic rings. The normalized spacial score (nSPS) is 40.0. The number of hydrogen-bond donors (Lipinski definition) is 0. The van der Waals surface area contributed by atoms with E-state index in [-0.39, 0.29) is 28.9 Å². The van der Waals surface area contributed by atoms with Gasteiger partial charge in [0.2, 0.25) is 0 Å². The molecule has 1 aromatic rings. The third-order valence-electron chi connectivity index (χ3n) is 5.40. The smallest absolute Gasteiger partial charge is 0.246 e. The van der Waals surface area contributed by atoms with Crippen molar-refractivity contribution in [3.63, 3.8) is 0 Å². The quantitative estimate of drug-likeness (QED) is 0.637. The summed E-state index contributed by atoms with van der Waals surface area (Å²) in [6, 6.07) is 0.125. The molecular formula is C13H17N3O2. The zero-order valence-corrected chi connectivity index (χ0v) is 10.7. The van der Waals surface area contributed by atoms with Gasteiger partial charge in [-0.1, -0.05) is 25.5 Å². The van der Waals surface area contributed by atoms with Gasteiger partial charge in [-0.2, -0.15) is 0 Å². The van der Waals surface area contributed by atoms with Crippen LogP contribution in [0.4, 0.5) is 0 Å². The van der Waals surface area contributed by atoms with E-state index < -0.39 is 0 Å². The molecule has 0 spiro atoms.